The fourth-order valence-electron chi connectivity index (χ4n) is 1.46. The molecule has 0 saturated carbocycles. The third-order valence-corrected chi connectivity index (χ3v) is 2.38. The number of amidine groups is 1. The van der Waals surface area contributed by atoms with Crippen molar-refractivity contribution in [3.8, 4) is 0 Å². The molecule has 4 heteroatoms. The second-order valence-electron chi connectivity index (χ2n) is 3.32. The van der Waals surface area contributed by atoms with E-state index in [9.17, 15) is 4.79 Å². The molecular formula is C9H10N2O2. The van der Waals surface area contributed by atoms with Crippen LogP contribution >= 0.6 is 0 Å². The van der Waals surface area contributed by atoms with E-state index in [0.29, 0.717) is 6.54 Å². The molecular weight excluding hydrogens is 168 g/mol. The summed E-state index contributed by atoms with van der Waals surface area (Å²) in [4.78, 5) is 16.9. The molecule has 13 heavy (non-hydrogen) atoms. The predicted octanol–water partition coefficient (Wildman–Crippen LogP) is 0.627. The van der Waals surface area contributed by atoms with E-state index in [4.69, 9.17) is 5.11 Å². The summed E-state index contributed by atoms with van der Waals surface area (Å²) in [5, 5.41) is 9.04. The molecule has 2 rings (SSSR count). The minimum atomic E-state index is -0.906. The predicted molar refractivity (Wildman–Crippen MR) is 48.5 cm³/mol. The largest absolute Gasteiger partial charge is 0.479 e. The van der Waals surface area contributed by atoms with Crippen LogP contribution < -0.4 is 0 Å². The fourth-order valence-corrected chi connectivity index (χ4v) is 1.46. The zero-order valence-corrected chi connectivity index (χ0v) is 7.27. The van der Waals surface area contributed by atoms with Gasteiger partial charge in [-0.2, -0.15) is 0 Å². The maximum Gasteiger partial charge on any atom is 0.331 e. The lowest BCUT2D eigenvalue weighted by Crippen LogP contribution is -2.50. The summed E-state index contributed by atoms with van der Waals surface area (Å²) in [6, 6.07) is 0. The molecule has 2 aliphatic heterocycles. The molecule has 0 fully saturated rings. The molecule has 0 radical (unpaired) electrons. The highest BCUT2D eigenvalue weighted by molar-refractivity contribution is 6.01. The lowest BCUT2D eigenvalue weighted by Gasteiger charge is -2.30. The lowest BCUT2D eigenvalue weighted by molar-refractivity contribution is -0.145. The van der Waals surface area contributed by atoms with Crippen LogP contribution in [0.5, 0.6) is 0 Å². The summed E-state index contributed by atoms with van der Waals surface area (Å²) >= 11 is 0. The SMILES string of the molecule is CC1(C(=O)O)CN=C2C=CC=CN21. The number of hydrogen-bond acceptors (Lipinski definition) is 3. The van der Waals surface area contributed by atoms with Crippen LogP contribution in [0.15, 0.2) is 29.4 Å². The topological polar surface area (TPSA) is 52.9 Å². The maximum atomic E-state index is 11.0. The smallest absolute Gasteiger partial charge is 0.331 e. The first-order valence-corrected chi connectivity index (χ1v) is 4.07. The zero-order chi connectivity index (χ0) is 9.47. The van der Waals surface area contributed by atoms with Gasteiger partial charge < -0.3 is 10.0 Å². The van der Waals surface area contributed by atoms with Crippen molar-refractivity contribution in [1.82, 2.24) is 4.90 Å². The van der Waals surface area contributed by atoms with Crippen molar-refractivity contribution in [2.24, 2.45) is 4.99 Å². The summed E-state index contributed by atoms with van der Waals surface area (Å²) in [5.41, 5.74) is -0.906. The molecule has 0 saturated heterocycles. The van der Waals surface area contributed by atoms with Gasteiger partial charge in [0.15, 0.2) is 5.54 Å². The summed E-state index contributed by atoms with van der Waals surface area (Å²) < 4.78 is 0. The minimum absolute atomic E-state index is 0.312. The Morgan fingerprint density at radius 3 is 3.15 bits per heavy atom. The van der Waals surface area contributed by atoms with Gasteiger partial charge in [0.25, 0.3) is 0 Å². The first-order valence-electron chi connectivity index (χ1n) is 4.07. The monoisotopic (exact) mass is 178 g/mol. The van der Waals surface area contributed by atoms with Crippen molar-refractivity contribution in [3.63, 3.8) is 0 Å². The number of carboxylic acid groups (broad SMARTS) is 1. The highest BCUT2D eigenvalue weighted by Gasteiger charge is 2.44. The van der Waals surface area contributed by atoms with Crippen molar-refractivity contribution >= 4 is 11.8 Å². The molecule has 68 valence electrons. The molecule has 2 aliphatic rings. The van der Waals surface area contributed by atoms with Crippen molar-refractivity contribution in [2.75, 3.05) is 6.54 Å². The van der Waals surface area contributed by atoms with Gasteiger partial charge in [-0.1, -0.05) is 6.08 Å². The number of carbonyl (C=O) groups is 1. The van der Waals surface area contributed by atoms with Gasteiger partial charge in [0.2, 0.25) is 0 Å². The van der Waals surface area contributed by atoms with E-state index in [1.807, 2.05) is 18.2 Å². The number of fused-ring (bicyclic) bond motifs is 1. The first kappa shape index (κ1) is 8.04. The van der Waals surface area contributed by atoms with Crippen LogP contribution in [0.1, 0.15) is 6.92 Å². The first-order chi connectivity index (χ1) is 6.14. The molecule has 0 amide bonds. The highest BCUT2D eigenvalue weighted by atomic mass is 16.4. The number of allylic oxidation sites excluding steroid dienone is 2. The second kappa shape index (κ2) is 2.45. The Labute approximate surface area is 75.9 Å². The van der Waals surface area contributed by atoms with Crippen LogP contribution in [-0.2, 0) is 4.79 Å². The summed E-state index contributed by atoms with van der Waals surface area (Å²) in [6.07, 6.45) is 7.22. The summed E-state index contributed by atoms with van der Waals surface area (Å²) in [7, 11) is 0. The van der Waals surface area contributed by atoms with E-state index in [0.717, 1.165) is 5.84 Å². The Balaban J connectivity index is 2.37. The van der Waals surface area contributed by atoms with Gasteiger partial charge in [-0.25, -0.2) is 4.79 Å². The quantitative estimate of drug-likeness (QED) is 0.640. The van der Waals surface area contributed by atoms with Crippen LogP contribution in [0.4, 0.5) is 0 Å². The number of aliphatic imine (C=N–C) groups is 1. The molecule has 0 aliphatic carbocycles. The van der Waals surface area contributed by atoms with Gasteiger partial charge in [0, 0.05) is 6.20 Å². The van der Waals surface area contributed by atoms with E-state index < -0.39 is 11.5 Å². The van der Waals surface area contributed by atoms with Crippen molar-refractivity contribution in [2.45, 2.75) is 12.5 Å². The zero-order valence-electron chi connectivity index (χ0n) is 7.27. The number of hydrogen-bond donors (Lipinski definition) is 1. The second-order valence-corrected chi connectivity index (χ2v) is 3.32. The van der Waals surface area contributed by atoms with E-state index in [-0.39, 0.29) is 0 Å². The molecule has 1 unspecified atom stereocenters. The van der Waals surface area contributed by atoms with Crippen molar-refractivity contribution in [1.29, 1.82) is 0 Å². The van der Waals surface area contributed by atoms with Gasteiger partial charge >= 0.3 is 5.97 Å². The molecule has 0 aromatic heterocycles. The Hall–Kier alpha value is -1.58. The van der Waals surface area contributed by atoms with E-state index in [2.05, 4.69) is 4.99 Å². The Kier molecular flexibility index (Phi) is 1.52. The van der Waals surface area contributed by atoms with Gasteiger partial charge in [-0.05, 0) is 19.1 Å². The number of carboxylic acids is 1. The third-order valence-electron chi connectivity index (χ3n) is 2.38. The molecule has 0 bridgehead atoms. The van der Waals surface area contributed by atoms with E-state index in [1.54, 1.807) is 18.0 Å². The molecule has 0 spiro atoms. The summed E-state index contributed by atoms with van der Waals surface area (Å²) in [6.45, 7) is 1.99. The number of aliphatic carboxylic acids is 1. The molecule has 1 atom stereocenters. The average molecular weight is 178 g/mol. The van der Waals surface area contributed by atoms with E-state index in [1.165, 1.54) is 0 Å². The Morgan fingerprint density at radius 2 is 2.46 bits per heavy atom. The standard InChI is InChI=1S/C9H10N2O2/c1-9(8(12)13)6-10-7-4-2-3-5-11(7)9/h2-5H,6H2,1H3,(H,12,13). The normalized spacial score (nSPS) is 30.2. The average Bonchev–Trinajstić information content (AvgIpc) is 2.47. The number of nitrogens with zero attached hydrogens (tertiary/aromatic N) is 2. The molecule has 0 aromatic carbocycles. The van der Waals surface area contributed by atoms with Crippen molar-refractivity contribution < 1.29 is 9.90 Å². The minimum Gasteiger partial charge on any atom is -0.479 e. The van der Waals surface area contributed by atoms with Crippen LogP contribution in [0.2, 0.25) is 0 Å². The molecule has 1 N–H and O–H groups in total. The van der Waals surface area contributed by atoms with Crippen LogP contribution in [0, 0.1) is 0 Å². The molecule has 0 aromatic rings. The maximum absolute atomic E-state index is 11.0. The third kappa shape index (κ3) is 0.983. The van der Waals surface area contributed by atoms with Crippen molar-refractivity contribution in [3.05, 3.63) is 24.4 Å². The Morgan fingerprint density at radius 1 is 1.69 bits per heavy atom. The fraction of sp³-hybridized carbons (Fsp3) is 0.333. The number of rotatable bonds is 1. The Bertz CT molecular complexity index is 344. The van der Waals surface area contributed by atoms with E-state index >= 15 is 0 Å². The lowest BCUT2D eigenvalue weighted by atomic mass is 10.0. The van der Waals surface area contributed by atoms with Gasteiger partial charge in [0.1, 0.15) is 5.84 Å². The van der Waals surface area contributed by atoms with Crippen LogP contribution in [0.3, 0.4) is 0 Å². The van der Waals surface area contributed by atoms with Crippen LogP contribution in [0.25, 0.3) is 0 Å². The highest BCUT2D eigenvalue weighted by Crippen LogP contribution is 2.25. The van der Waals surface area contributed by atoms with Gasteiger partial charge in [-0.15, -0.1) is 0 Å². The van der Waals surface area contributed by atoms with Gasteiger partial charge in [-0.3, -0.25) is 4.99 Å². The van der Waals surface area contributed by atoms with Crippen LogP contribution in [-0.4, -0.2) is 33.9 Å². The molecule has 2 heterocycles. The van der Waals surface area contributed by atoms with Gasteiger partial charge in [0.05, 0.1) is 6.54 Å². The molecule has 4 nitrogen and oxygen atoms in total. The summed E-state index contributed by atoms with van der Waals surface area (Å²) in [5.74, 6) is -0.112.